The fraction of sp³-hybridized carbons (Fsp3) is 0.0667. The Hall–Kier alpha value is -2.31. The van der Waals surface area contributed by atoms with Crippen LogP contribution in [-0.2, 0) is 0 Å². The van der Waals surface area contributed by atoms with E-state index < -0.39 is 11.7 Å². The number of carbonyl (C=O) groups is 2. The Morgan fingerprint density at radius 1 is 0.957 bits per heavy atom. The van der Waals surface area contributed by atoms with Gasteiger partial charge in [0.25, 0.3) is 5.91 Å². The lowest BCUT2D eigenvalue weighted by molar-refractivity contribution is 0.102. The lowest BCUT2D eigenvalue weighted by Crippen LogP contribution is -2.24. The first kappa shape index (κ1) is 17.1. The monoisotopic (exact) mass is 355 g/mol. The van der Waals surface area contributed by atoms with Gasteiger partial charge in [0.2, 0.25) is 0 Å². The molecule has 3 amide bonds. The SMILES string of the molecule is CNC(=O)Nc1ccc(NC(=O)c2cc(F)c(Cl)cc2Cl)cc1. The average molecular weight is 356 g/mol. The van der Waals surface area contributed by atoms with E-state index in [1.165, 1.54) is 13.1 Å². The van der Waals surface area contributed by atoms with E-state index in [9.17, 15) is 14.0 Å². The molecule has 0 atom stereocenters. The van der Waals surface area contributed by atoms with Crippen LogP contribution in [0.1, 0.15) is 10.4 Å². The molecule has 2 rings (SSSR count). The summed E-state index contributed by atoms with van der Waals surface area (Å²) in [4.78, 5) is 23.3. The highest BCUT2D eigenvalue weighted by Gasteiger charge is 2.14. The largest absolute Gasteiger partial charge is 0.341 e. The molecule has 3 N–H and O–H groups in total. The number of urea groups is 1. The van der Waals surface area contributed by atoms with Crippen LogP contribution in [0.5, 0.6) is 0 Å². The highest BCUT2D eigenvalue weighted by molar-refractivity contribution is 6.37. The number of carbonyl (C=O) groups excluding carboxylic acids is 2. The van der Waals surface area contributed by atoms with Gasteiger partial charge in [-0.15, -0.1) is 0 Å². The number of amides is 3. The van der Waals surface area contributed by atoms with Gasteiger partial charge in [-0.25, -0.2) is 9.18 Å². The fourth-order valence-electron chi connectivity index (χ4n) is 1.73. The van der Waals surface area contributed by atoms with E-state index in [0.29, 0.717) is 11.4 Å². The number of nitrogens with one attached hydrogen (secondary N) is 3. The maximum atomic E-state index is 13.4. The molecule has 0 radical (unpaired) electrons. The lowest BCUT2D eigenvalue weighted by atomic mass is 10.2. The van der Waals surface area contributed by atoms with Crippen LogP contribution in [0.3, 0.4) is 0 Å². The Bertz CT molecular complexity index is 751. The molecule has 0 unspecified atom stereocenters. The topological polar surface area (TPSA) is 70.2 Å². The van der Waals surface area contributed by atoms with Gasteiger partial charge in [0.1, 0.15) is 5.82 Å². The number of halogens is 3. The summed E-state index contributed by atoms with van der Waals surface area (Å²) in [7, 11) is 1.50. The maximum absolute atomic E-state index is 13.4. The smallest absolute Gasteiger partial charge is 0.318 e. The van der Waals surface area contributed by atoms with Gasteiger partial charge in [0.05, 0.1) is 15.6 Å². The molecule has 5 nitrogen and oxygen atoms in total. The van der Waals surface area contributed by atoms with Crippen molar-refractivity contribution >= 4 is 46.5 Å². The van der Waals surface area contributed by atoms with Crippen LogP contribution in [0.25, 0.3) is 0 Å². The van der Waals surface area contributed by atoms with E-state index in [2.05, 4.69) is 16.0 Å². The van der Waals surface area contributed by atoms with Gasteiger partial charge in [-0.2, -0.15) is 0 Å². The van der Waals surface area contributed by atoms with E-state index in [1.807, 2.05) is 0 Å². The summed E-state index contributed by atoms with van der Waals surface area (Å²) in [5.41, 5.74) is 0.989. The Morgan fingerprint density at radius 3 is 2.09 bits per heavy atom. The number of hydrogen-bond donors (Lipinski definition) is 3. The first-order valence-corrected chi connectivity index (χ1v) is 7.21. The molecule has 0 aliphatic carbocycles. The molecule has 0 spiro atoms. The van der Waals surface area contributed by atoms with Gasteiger partial charge >= 0.3 is 6.03 Å². The number of hydrogen-bond acceptors (Lipinski definition) is 2. The molecule has 0 aliphatic heterocycles. The van der Waals surface area contributed by atoms with Crippen LogP contribution < -0.4 is 16.0 Å². The van der Waals surface area contributed by atoms with Crippen molar-refractivity contribution in [2.24, 2.45) is 0 Å². The minimum atomic E-state index is -0.730. The minimum absolute atomic E-state index is 0.0267. The van der Waals surface area contributed by atoms with Gasteiger partial charge in [0.15, 0.2) is 0 Å². The normalized spacial score (nSPS) is 10.1. The molecule has 0 saturated heterocycles. The van der Waals surface area contributed by atoms with Crippen LogP contribution in [0, 0.1) is 5.82 Å². The first-order valence-electron chi connectivity index (χ1n) is 6.45. The fourth-order valence-corrected chi connectivity index (χ4v) is 2.19. The van der Waals surface area contributed by atoms with Crippen molar-refractivity contribution in [3.8, 4) is 0 Å². The summed E-state index contributed by atoms with van der Waals surface area (Å²) < 4.78 is 13.4. The Kier molecular flexibility index (Phi) is 5.41. The molecule has 8 heteroatoms. The highest BCUT2D eigenvalue weighted by Crippen LogP contribution is 2.25. The third-order valence-electron chi connectivity index (χ3n) is 2.88. The molecule has 0 saturated carbocycles. The zero-order valence-electron chi connectivity index (χ0n) is 11.9. The molecular weight excluding hydrogens is 344 g/mol. The molecular formula is C15H12Cl2FN3O2. The molecule has 2 aromatic carbocycles. The first-order chi connectivity index (χ1) is 10.9. The number of rotatable bonds is 3. The standard InChI is InChI=1S/C15H12Cl2FN3O2/c1-19-15(23)21-9-4-2-8(3-5-9)20-14(22)10-6-13(18)12(17)7-11(10)16/h2-7H,1H3,(H,20,22)(H2,19,21,23). The maximum Gasteiger partial charge on any atom is 0.318 e. The van der Waals surface area contributed by atoms with Crippen LogP contribution in [-0.4, -0.2) is 19.0 Å². The molecule has 120 valence electrons. The van der Waals surface area contributed by atoms with Crippen molar-refractivity contribution in [2.45, 2.75) is 0 Å². The molecule has 0 bridgehead atoms. The third-order valence-corrected chi connectivity index (χ3v) is 3.48. The Labute approximate surface area is 141 Å². The van der Waals surface area contributed by atoms with Gasteiger partial charge in [-0.1, -0.05) is 23.2 Å². The predicted molar refractivity (Wildman–Crippen MR) is 88.9 cm³/mol. The molecule has 0 aromatic heterocycles. The van der Waals surface area contributed by atoms with Gasteiger partial charge in [-0.05, 0) is 36.4 Å². The second-order valence-corrected chi connectivity index (χ2v) is 5.30. The number of benzene rings is 2. The summed E-state index contributed by atoms with van der Waals surface area (Å²) in [5, 5.41) is 7.47. The van der Waals surface area contributed by atoms with Crippen molar-refractivity contribution in [3.63, 3.8) is 0 Å². The lowest BCUT2D eigenvalue weighted by Gasteiger charge is -2.09. The van der Waals surface area contributed by atoms with Gasteiger partial charge < -0.3 is 16.0 Å². The zero-order valence-corrected chi connectivity index (χ0v) is 13.4. The van der Waals surface area contributed by atoms with Gasteiger partial charge in [-0.3, -0.25) is 4.79 Å². The van der Waals surface area contributed by atoms with Crippen LogP contribution >= 0.6 is 23.2 Å². The second kappa shape index (κ2) is 7.30. The zero-order chi connectivity index (χ0) is 17.0. The third kappa shape index (κ3) is 4.34. The summed E-state index contributed by atoms with van der Waals surface area (Å²) in [6, 6.07) is 8.17. The molecule has 2 aromatic rings. The summed E-state index contributed by atoms with van der Waals surface area (Å²) in [6.07, 6.45) is 0. The van der Waals surface area contributed by atoms with Crippen LogP contribution in [0.4, 0.5) is 20.6 Å². The second-order valence-electron chi connectivity index (χ2n) is 4.48. The van der Waals surface area contributed by atoms with Crippen molar-refractivity contribution in [1.29, 1.82) is 0 Å². The van der Waals surface area contributed by atoms with E-state index in [0.717, 1.165) is 6.07 Å². The Morgan fingerprint density at radius 2 is 1.52 bits per heavy atom. The molecule has 0 aliphatic rings. The molecule has 0 heterocycles. The van der Waals surface area contributed by atoms with E-state index >= 15 is 0 Å². The van der Waals surface area contributed by atoms with Crippen molar-refractivity contribution in [3.05, 3.63) is 57.8 Å². The van der Waals surface area contributed by atoms with Crippen molar-refractivity contribution < 1.29 is 14.0 Å². The van der Waals surface area contributed by atoms with Gasteiger partial charge in [0, 0.05) is 18.4 Å². The molecule has 0 fully saturated rings. The number of anilines is 2. The van der Waals surface area contributed by atoms with E-state index in [1.54, 1.807) is 24.3 Å². The Balaban J connectivity index is 2.11. The summed E-state index contributed by atoms with van der Waals surface area (Å²) in [5.74, 6) is -1.30. The minimum Gasteiger partial charge on any atom is -0.341 e. The predicted octanol–water partition coefficient (Wildman–Crippen LogP) is 4.14. The highest BCUT2D eigenvalue weighted by atomic mass is 35.5. The van der Waals surface area contributed by atoms with Crippen LogP contribution in [0.2, 0.25) is 10.0 Å². The van der Waals surface area contributed by atoms with Crippen molar-refractivity contribution in [2.75, 3.05) is 17.7 Å². The summed E-state index contributed by atoms with van der Waals surface area (Å²) in [6.45, 7) is 0. The molecule has 23 heavy (non-hydrogen) atoms. The van der Waals surface area contributed by atoms with Crippen molar-refractivity contribution in [1.82, 2.24) is 5.32 Å². The summed E-state index contributed by atoms with van der Waals surface area (Å²) >= 11 is 11.5. The average Bonchev–Trinajstić information content (AvgIpc) is 2.52. The van der Waals surface area contributed by atoms with Crippen LogP contribution in [0.15, 0.2) is 36.4 Å². The van der Waals surface area contributed by atoms with E-state index in [-0.39, 0.29) is 21.6 Å². The van der Waals surface area contributed by atoms with E-state index in [4.69, 9.17) is 23.2 Å². The quantitative estimate of drug-likeness (QED) is 0.724.